The summed E-state index contributed by atoms with van der Waals surface area (Å²) in [5.41, 5.74) is 0. The van der Waals surface area contributed by atoms with Gasteiger partial charge < -0.3 is 10.1 Å². The topological polar surface area (TPSA) is 24.5 Å². The maximum atomic E-state index is 5.83. The highest BCUT2D eigenvalue weighted by atomic mass is 16.5. The third-order valence-electron chi connectivity index (χ3n) is 4.77. The molecule has 3 unspecified atom stereocenters. The smallest absolute Gasteiger partial charge is 0.0587 e. The van der Waals surface area contributed by atoms with Crippen molar-refractivity contribution in [3.05, 3.63) is 0 Å². The van der Waals surface area contributed by atoms with E-state index in [2.05, 4.69) is 31.0 Å². The number of hydrogen-bond donors (Lipinski definition) is 1. The van der Waals surface area contributed by atoms with Crippen LogP contribution in [0.4, 0.5) is 0 Å². The zero-order chi connectivity index (χ0) is 13.7. The maximum absolute atomic E-state index is 5.83. The van der Waals surface area contributed by atoms with Crippen molar-refractivity contribution in [2.75, 3.05) is 19.7 Å². The van der Waals surface area contributed by atoms with Gasteiger partial charge in [-0.25, -0.2) is 0 Å². The Morgan fingerprint density at radius 2 is 2.11 bits per heavy atom. The first-order valence-electron chi connectivity index (χ1n) is 8.31. The van der Waals surface area contributed by atoms with Crippen LogP contribution >= 0.6 is 0 Å². The van der Waals surface area contributed by atoms with Crippen LogP contribution in [0.2, 0.25) is 0 Å². The molecule has 2 fully saturated rings. The number of hydrogen-bond acceptors (Lipinski definition) is 3. The van der Waals surface area contributed by atoms with Crippen molar-refractivity contribution >= 4 is 0 Å². The molecular weight excluding hydrogens is 236 g/mol. The minimum atomic E-state index is 0.485. The Morgan fingerprint density at radius 1 is 1.26 bits per heavy atom. The van der Waals surface area contributed by atoms with Crippen LogP contribution in [0.5, 0.6) is 0 Å². The number of nitrogens with zero attached hydrogens (tertiary/aromatic N) is 1. The monoisotopic (exact) mass is 268 g/mol. The summed E-state index contributed by atoms with van der Waals surface area (Å²) in [6.45, 7) is 10.3. The van der Waals surface area contributed by atoms with E-state index < -0.39 is 0 Å². The molecule has 112 valence electrons. The molecule has 0 spiro atoms. The van der Waals surface area contributed by atoms with Gasteiger partial charge in [-0.3, -0.25) is 4.90 Å². The van der Waals surface area contributed by atoms with Crippen molar-refractivity contribution in [2.45, 2.75) is 83.5 Å². The van der Waals surface area contributed by atoms with Gasteiger partial charge in [0.15, 0.2) is 0 Å². The first kappa shape index (κ1) is 15.3. The van der Waals surface area contributed by atoms with Crippen LogP contribution < -0.4 is 5.32 Å². The standard InChI is InChI=1S/C16H32N2O/c1-4-16-11-15(8-10-19-16)18(13(2)3)12-14-7-5-6-9-17-14/h13-17H,4-12H2,1-3H3. The molecule has 2 aliphatic heterocycles. The lowest BCUT2D eigenvalue weighted by atomic mass is 9.96. The highest BCUT2D eigenvalue weighted by Gasteiger charge is 2.29. The van der Waals surface area contributed by atoms with E-state index in [4.69, 9.17) is 4.74 Å². The largest absolute Gasteiger partial charge is 0.378 e. The molecule has 0 bridgehead atoms. The molecule has 2 rings (SSSR count). The molecule has 19 heavy (non-hydrogen) atoms. The highest BCUT2D eigenvalue weighted by Crippen LogP contribution is 2.24. The van der Waals surface area contributed by atoms with Gasteiger partial charge in [0.1, 0.15) is 0 Å². The van der Waals surface area contributed by atoms with Crippen molar-refractivity contribution in [3.8, 4) is 0 Å². The fraction of sp³-hybridized carbons (Fsp3) is 1.00. The fourth-order valence-corrected chi connectivity index (χ4v) is 3.56. The lowest BCUT2D eigenvalue weighted by Crippen LogP contribution is -2.52. The molecular formula is C16H32N2O. The number of piperidine rings is 1. The Balaban J connectivity index is 1.90. The molecule has 0 aromatic carbocycles. The highest BCUT2D eigenvalue weighted by molar-refractivity contribution is 4.85. The molecule has 2 saturated heterocycles. The van der Waals surface area contributed by atoms with E-state index in [0.717, 1.165) is 19.1 Å². The Labute approximate surface area is 119 Å². The number of nitrogens with one attached hydrogen (secondary N) is 1. The maximum Gasteiger partial charge on any atom is 0.0587 e. The van der Waals surface area contributed by atoms with Crippen LogP contribution in [-0.4, -0.2) is 48.8 Å². The van der Waals surface area contributed by atoms with E-state index in [9.17, 15) is 0 Å². The van der Waals surface area contributed by atoms with E-state index in [-0.39, 0.29) is 0 Å². The average molecular weight is 268 g/mol. The lowest BCUT2D eigenvalue weighted by Gasteiger charge is -2.42. The first-order valence-corrected chi connectivity index (χ1v) is 8.31. The van der Waals surface area contributed by atoms with Crippen molar-refractivity contribution in [3.63, 3.8) is 0 Å². The van der Waals surface area contributed by atoms with E-state index >= 15 is 0 Å². The third-order valence-corrected chi connectivity index (χ3v) is 4.77. The summed E-state index contributed by atoms with van der Waals surface area (Å²) in [5.74, 6) is 0. The predicted octanol–water partition coefficient (Wildman–Crippen LogP) is 2.80. The molecule has 1 N–H and O–H groups in total. The Morgan fingerprint density at radius 3 is 2.74 bits per heavy atom. The molecule has 3 heteroatoms. The predicted molar refractivity (Wildman–Crippen MR) is 80.5 cm³/mol. The fourth-order valence-electron chi connectivity index (χ4n) is 3.56. The summed E-state index contributed by atoms with van der Waals surface area (Å²) >= 11 is 0. The molecule has 0 radical (unpaired) electrons. The van der Waals surface area contributed by atoms with Gasteiger partial charge in [-0.2, -0.15) is 0 Å². The molecule has 0 aliphatic carbocycles. The summed E-state index contributed by atoms with van der Waals surface area (Å²) in [6, 6.07) is 2.07. The van der Waals surface area contributed by atoms with E-state index in [0.29, 0.717) is 18.2 Å². The lowest BCUT2D eigenvalue weighted by molar-refractivity contribution is -0.0374. The van der Waals surface area contributed by atoms with Crippen molar-refractivity contribution in [1.29, 1.82) is 0 Å². The van der Waals surface area contributed by atoms with Gasteiger partial charge >= 0.3 is 0 Å². The SMILES string of the molecule is CCC1CC(N(CC2CCCCN2)C(C)C)CCO1. The summed E-state index contributed by atoms with van der Waals surface area (Å²) in [6.07, 6.45) is 8.18. The zero-order valence-electron chi connectivity index (χ0n) is 13.0. The Hall–Kier alpha value is -0.120. The van der Waals surface area contributed by atoms with Crippen LogP contribution in [0.1, 0.15) is 59.3 Å². The molecule has 0 amide bonds. The van der Waals surface area contributed by atoms with E-state index in [1.165, 1.54) is 45.2 Å². The zero-order valence-corrected chi connectivity index (χ0v) is 13.0. The molecule has 0 aromatic heterocycles. The second-order valence-electron chi connectivity index (χ2n) is 6.52. The molecule has 3 nitrogen and oxygen atoms in total. The van der Waals surface area contributed by atoms with Gasteiger partial charge in [0.05, 0.1) is 6.10 Å². The molecule has 2 aliphatic rings. The quantitative estimate of drug-likeness (QED) is 0.830. The molecule has 3 atom stereocenters. The van der Waals surface area contributed by atoms with Gasteiger partial charge in [0.2, 0.25) is 0 Å². The van der Waals surface area contributed by atoms with E-state index in [1.54, 1.807) is 0 Å². The Kier molecular flexibility index (Phi) is 6.11. The first-order chi connectivity index (χ1) is 9.20. The average Bonchev–Trinajstić information content (AvgIpc) is 2.45. The second-order valence-corrected chi connectivity index (χ2v) is 6.52. The van der Waals surface area contributed by atoms with Crippen molar-refractivity contribution in [1.82, 2.24) is 10.2 Å². The van der Waals surface area contributed by atoms with Crippen LogP contribution in [0.3, 0.4) is 0 Å². The van der Waals surface area contributed by atoms with Crippen LogP contribution in [0.15, 0.2) is 0 Å². The van der Waals surface area contributed by atoms with Gasteiger partial charge in [0.25, 0.3) is 0 Å². The molecule has 2 heterocycles. The van der Waals surface area contributed by atoms with Gasteiger partial charge in [-0.05, 0) is 52.5 Å². The van der Waals surface area contributed by atoms with Crippen LogP contribution in [-0.2, 0) is 4.74 Å². The minimum Gasteiger partial charge on any atom is -0.378 e. The minimum absolute atomic E-state index is 0.485. The summed E-state index contributed by atoms with van der Waals surface area (Å²) in [7, 11) is 0. The Bertz CT molecular complexity index is 251. The normalized spacial score (nSPS) is 33.0. The summed E-state index contributed by atoms with van der Waals surface area (Å²) < 4.78 is 5.83. The number of rotatable bonds is 5. The van der Waals surface area contributed by atoms with Gasteiger partial charge in [-0.15, -0.1) is 0 Å². The third kappa shape index (κ3) is 4.44. The van der Waals surface area contributed by atoms with E-state index in [1.807, 2.05) is 0 Å². The molecule has 0 aromatic rings. The molecule has 0 saturated carbocycles. The summed E-state index contributed by atoms with van der Waals surface area (Å²) in [5, 5.41) is 3.70. The second kappa shape index (κ2) is 7.61. The summed E-state index contributed by atoms with van der Waals surface area (Å²) in [4.78, 5) is 2.73. The van der Waals surface area contributed by atoms with Crippen molar-refractivity contribution < 1.29 is 4.74 Å². The van der Waals surface area contributed by atoms with Crippen LogP contribution in [0.25, 0.3) is 0 Å². The number of ether oxygens (including phenoxy) is 1. The van der Waals surface area contributed by atoms with Crippen molar-refractivity contribution in [2.24, 2.45) is 0 Å². The van der Waals surface area contributed by atoms with Crippen LogP contribution in [0, 0.1) is 0 Å². The van der Waals surface area contributed by atoms with Gasteiger partial charge in [0, 0.05) is 31.3 Å². The van der Waals surface area contributed by atoms with Gasteiger partial charge in [-0.1, -0.05) is 13.3 Å².